The summed E-state index contributed by atoms with van der Waals surface area (Å²) in [6.45, 7) is 12.8. The highest BCUT2D eigenvalue weighted by molar-refractivity contribution is 6.76. The summed E-state index contributed by atoms with van der Waals surface area (Å²) in [5.41, 5.74) is -0.630. The molecule has 0 aliphatic carbocycles. The second-order valence-corrected chi connectivity index (χ2v) is 14.0. The molecule has 0 aliphatic heterocycles. The van der Waals surface area contributed by atoms with Crippen LogP contribution in [0.15, 0.2) is 6.33 Å². The number of anilines is 1. The zero-order chi connectivity index (χ0) is 20.8. The van der Waals surface area contributed by atoms with Gasteiger partial charge >= 0.3 is 6.09 Å². The van der Waals surface area contributed by atoms with E-state index in [0.717, 1.165) is 11.1 Å². The molecule has 10 heteroatoms. The minimum absolute atomic E-state index is 0.0407. The summed E-state index contributed by atoms with van der Waals surface area (Å²) >= 11 is 0. The summed E-state index contributed by atoms with van der Waals surface area (Å²) in [6, 6.07) is 1.01. The molecule has 0 bridgehead atoms. The van der Waals surface area contributed by atoms with Crippen molar-refractivity contribution < 1.29 is 23.9 Å². The van der Waals surface area contributed by atoms with Crippen LogP contribution < -0.4 is 5.32 Å². The molecule has 0 spiro atoms. The molecule has 27 heavy (non-hydrogen) atoms. The number of nitrogens with zero attached hydrogens (tertiary/aromatic N) is 3. The first-order chi connectivity index (χ1) is 12.3. The van der Waals surface area contributed by atoms with E-state index in [-0.39, 0.29) is 18.2 Å². The number of hydrogen-bond acceptors (Lipinski definition) is 6. The zero-order valence-corrected chi connectivity index (χ0v) is 18.6. The lowest BCUT2D eigenvalue weighted by Crippen LogP contribution is -2.30. The summed E-state index contributed by atoms with van der Waals surface area (Å²) < 4.78 is 12.5. The van der Waals surface area contributed by atoms with E-state index in [1.54, 1.807) is 25.3 Å². The molecule has 0 saturated carbocycles. The van der Waals surface area contributed by atoms with Crippen molar-refractivity contribution >= 4 is 25.9 Å². The number of imidazole rings is 1. The van der Waals surface area contributed by atoms with Crippen molar-refractivity contribution in [2.75, 3.05) is 26.1 Å². The van der Waals surface area contributed by atoms with Crippen molar-refractivity contribution in [2.24, 2.45) is 0 Å². The van der Waals surface area contributed by atoms with Crippen LogP contribution in [-0.4, -0.2) is 61.1 Å². The van der Waals surface area contributed by atoms with Gasteiger partial charge in [0.2, 0.25) is 0 Å². The molecule has 0 aromatic carbocycles. The maximum absolute atomic E-state index is 12.4. The molecule has 0 saturated heterocycles. The number of carbonyl (C=O) groups excluding carboxylic acids is 2. The molecular weight excluding hydrogens is 368 g/mol. The van der Waals surface area contributed by atoms with Gasteiger partial charge in [0.05, 0.1) is 13.4 Å². The second-order valence-electron chi connectivity index (χ2n) is 8.37. The fraction of sp³-hybridized carbons (Fsp3) is 0.706. The van der Waals surface area contributed by atoms with Crippen molar-refractivity contribution in [2.45, 2.75) is 58.8 Å². The highest BCUT2D eigenvalue weighted by Crippen LogP contribution is 2.19. The Hall–Kier alpha value is -1.91. The highest BCUT2D eigenvalue weighted by atomic mass is 28.3. The molecule has 0 fully saturated rings. The van der Waals surface area contributed by atoms with Crippen LogP contribution in [0.2, 0.25) is 25.7 Å². The maximum Gasteiger partial charge on any atom is 0.413 e. The van der Waals surface area contributed by atoms with Gasteiger partial charge in [0, 0.05) is 21.7 Å². The number of amides is 2. The molecule has 0 atom stereocenters. The number of rotatable bonds is 8. The van der Waals surface area contributed by atoms with Crippen LogP contribution in [0.4, 0.5) is 10.6 Å². The molecule has 154 valence electrons. The van der Waals surface area contributed by atoms with E-state index in [1.165, 1.54) is 20.5 Å². The van der Waals surface area contributed by atoms with Crippen molar-refractivity contribution in [3.8, 4) is 0 Å². The number of nitrogens with one attached hydrogen (secondary N) is 1. The number of aromatic nitrogens is 2. The molecule has 2 amide bonds. The Morgan fingerprint density at radius 2 is 1.93 bits per heavy atom. The van der Waals surface area contributed by atoms with Crippen LogP contribution in [0.3, 0.4) is 0 Å². The first-order valence-corrected chi connectivity index (χ1v) is 12.5. The Kier molecular flexibility index (Phi) is 8.00. The topological polar surface area (TPSA) is 94.9 Å². The minimum atomic E-state index is -1.21. The van der Waals surface area contributed by atoms with Crippen LogP contribution in [0.5, 0.6) is 0 Å². The lowest BCUT2D eigenvalue weighted by molar-refractivity contribution is -0.0759. The second kappa shape index (κ2) is 9.33. The monoisotopic (exact) mass is 400 g/mol. The van der Waals surface area contributed by atoms with E-state index >= 15 is 0 Å². The fourth-order valence-corrected chi connectivity index (χ4v) is 2.70. The molecule has 0 unspecified atom stereocenters. The summed E-state index contributed by atoms with van der Waals surface area (Å²) in [6.07, 6.45) is 0.762. The summed E-state index contributed by atoms with van der Waals surface area (Å²) in [5.74, 6) is -0.296. The molecule has 0 aliphatic rings. The lowest BCUT2D eigenvalue weighted by atomic mass is 10.2. The van der Waals surface area contributed by atoms with Crippen LogP contribution in [0, 0.1) is 0 Å². The van der Waals surface area contributed by atoms with Gasteiger partial charge in [0.1, 0.15) is 12.3 Å². The normalized spacial score (nSPS) is 12.0. The van der Waals surface area contributed by atoms with Gasteiger partial charge in [-0.15, -0.1) is 0 Å². The van der Waals surface area contributed by atoms with Gasteiger partial charge in [0.25, 0.3) is 5.91 Å². The van der Waals surface area contributed by atoms with Crippen LogP contribution >= 0.6 is 0 Å². The van der Waals surface area contributed by atoms with Crippen molar-refractivity contribution in [3.63, 3.8) is 0 Å². The molecular formula is C17H32N4O5Si. The average Bonchev–Trinajstić information content (AvgIpc) is 2.89. The molecule has 1 N–H and O–H groups in total. The van der Waals surface area contributed by atoms with Gasteiger partial charge in [-0.1, -0.05) is 19.6 Å². The van der Waals surface area contributed by atoms with Gasteiger partial charge in [-0.3, -0.25) is 19.5 Å². The third-order valence-corrected chi connectivity index (χ3v) is 5.15. The maximum atomic E-state index is 12.4. The predicted molar refractivity (Wildman–Crippen MR) is 105 cm³/mol. The van der Waals surface area contributed by atoms with E-state index in [0.29, 0.717) is 6.61 Å². The quantitative estimate of drug-likeness (QED) is 0.409. The summed E-state index contributed by atoms with van der Waals surface area (Å²) in [5, 5.41) is 3.62. The largest absolute Gasteiger partial charge is 0.444 e. The molecule has 1 aromatic rings. The number of hydrogen-bond donors (Lipinski definition) is 1. The third kappa shape index (κ3) is 8.10. The summed E-state index contributed by atoms with van der Waals surface area (Å²) in [7, 11) is 1.62. The zero-order valence-electron chi connectivity index (χ0n) is 17.6. The van der Waals surface area contributed by atoms with Gasteiger partial charge in [-0.2, -0.15) is 0 Å². The number of hydroxylamine groups is 2. The van der Waals surface area contributed by atoms with Gasteiger partial charge < -0.3 is 9.47 Å². The first kappa shape index (κ1) is 23.1. The number of ether oxygens (including phenoxy) is 2. The number of carbonyl (C=O) groups is 2. The Bertz CT molecular complexity index is 649. The van der Waals surface area contributed by atoms with Gasteiger partial charge in [-0.25, -0.2) is 14.8 Å². The van der Waals surface area contributed by atoms with Gasteiger partial charge in [-0.05, 0) is 26.8 Å². The standard InChI is InChI=1S/C17H32N4O5Si/c1-17(2,3)26-16(23)19-14-13(15(22)20(4)24-5)18-11-21(14)12-25-9-10-27(6,7)8/h11H,9-10,12H2,1-8H3,(H,19,23). The van der Waals surface area contributed by atoms with Crippen molar-refractivity contribution in [1.82, 2.24) is 14.6 Å². The lowest BCUT2D eigenvalue weighted by Gasteiger charge is -2.21. The highest BCUT2D eigenvalue weighted by Gasteiger charge is 2.25. The Morgan fingerprint density at radius 1 is 1.30 bits per heavy atom. The van der Waals surface area contributed by atoms with Crippen LogP contribution in [-0.2, 0) is 21.0 Å². The van der Waals surface area contributed by atoms with Gasteiger partial charge in [0.15, 0.2) is 11.5 Å². The van der Waals surface area contributed by atoms with Crippen molar-refractivity contribution in [3.05, 3.63) is 12.0 Å². The average molecular weight is 401 g/mol. The van der Waals surface area contributed by atoms with E-state index < -0.39 is 25.7 Å². The van der Waals surface area contributed by atoms with E-state index in [4.69, 9.17) is 14.3 Å². The third-order valence-electron chi connectivity index (χ3n) is 3.45. The van der Waals surface area contributed by atoms with Crippen LogP contribution in [0.25, 0.3) is 0 Å². The molecule has 1 aromatic heterocycles. The first-order valence-electron chi connectivity index (χ1n) is 8.79. The van der Waals surface area contributed by atoms with E-state index in [2.05, 4.69) is 29.9 Å². The molecule has 1 rings (SSSR count). The van der Waals surface area contributed by atoms with E-state index in [9.17, 15) is 9.59 Å². The summed E-state index contributed by atoms with van der Waals surface area (Å²) in [4.78, 5) is 33.7. The molecule has 9 nitrogen and oxygen atoms in total. The Labute approximate surface area is 161 Å². The predicted octanol–water partition coefficient (Wildman–Crippen LogP) is 3.18. The molecule has 1 heterocycles. The smallest absolute Gasteiger partial charge is 0.413 e. The minimum Gasteiger partial charge on any atom is -0.444 e. The van der Waals surface area contributed by atoms with Crippen molar-refractivity contribution in [1.29, 1.82) is 0 Å². The fourth-order valence-electron chi connectivity index (χ4n) is 1.94. The SMILES string of the molecule is CON(C)C(=O)c1ncn(COCC[Si](C)(C)C)c1NC(=O)OC(C)(C)C. The Morgan fingerprint density at radius 3 is 2.44 bits per heavy atom. The van der Waals surface area contributed by atoms with Crippen LogP contribution in [0.1, 0.15) is 31.3 Å². The van der Waals surface area contributed by atoms with E-state index in [1.807, 2.05) is 0 Å². The molecule has 0 radical (unpaired) electrons. The Balaban J connectivity index is 2.96.